The van der Waals surface area contributed by atoms with Crippen LogP contribution in [0.25, 0.3) is 0 Å². The molecule has 1 aromatic rings. The number of nitrogens with one attached hydrogen (secondary N) is 1. The quantitative estimate of drug-likeness (QED) is 0.256. The van der Waals surface area contributed by atoms with Crippen LogP contribution in [-0.2, 0) is 28.7 Å². The smallest absolute Gasteiger partial charge is 0.313 e. The lowest BCUT2D eigenvalue weighted by atomic mass is 9.78. The summed E-state index contributed by atoms with van der Waals surface area (Å²) in [6.07, 6.45) is 10.2. The molecule has 43 heavy (non-hydrogen) atoms. The number of allylic oxidation sites excluding steroid dienone is 1. The molecule has 0 aromatic heterocycles. The third-order valence-corrected chi connectivity index (χ3v) is 8.97. The van der Waals surface area contributed by atoms with Crippen molar-refractivity contribution in [3.8, 4) is 0 Å². The molecule has 4 aliphatic rings. The monoisotopic (exact) mass is 593 g/mol. The standard InChI is InChI=1S/C33H43N3O7/c1-2-3-9-18-35-19-12-17-33-28(30(39)36(20-10-11-21-37)29(33)31(35)40)27-24(43-33)15-7-8-16-26(38)34-22-25(42-32(27)41)23-13-5-4-6-14-23/h4-7,12-15,17,24-25,27-29,37H,2-3,8-11,16,18-22H2,1H3,(H,34,38)/b15-7-/t24-,25+,27+,28+,29-,33+/m1/s1. The third-order valence-electron chi connectivity index (χ3n) is 8.97. The van der Waals surface area contributed by atoms with E-state index in [0.29, 0.717) is 32.4 Å². The van der Waals surface area contributed by atoms with E-state index < -0.39 is 41.7 Å². The number of likely N-dealkylation sites (tertiary alicyclic amines) is 1. The van der Waals surface area contributed by atoms with E-state index in [2.05, 4.69) is 12.2 Å². The Morgan fingerprint density at radius 1 is 1.00 bits per heavy atom. The van der Waals surface area contributed by atoms with Gasteiger partial charge >= 0.3 is 5.97 Å². The molecule has 0 saturated carbocycles. The van der Waals surface area contributed by atoms with Gasteiger partial charge in [-0.2, -0.15) is 0 Å². The van der Waals surface area contributed by atoms with E-state index in [0.717, 1.165) is 24.8 Å². The number of esters is 1. The largest absolute Gasteiger partial charge is 0.455 e. The molecule has 10 heteroatoms. The van der Waals surface area contributed by atoms with Gasteiger partial charge in [-0.3, -0.25) is 19.2 Å². The van der Waals surface area contributed by atoms with Crippen LogP contribution in [0.1, 0.15) is 63.5 Å². The van der Waals surface area contributed by atoms with Crippen LogP contribution >= 0.6 is 0 Å². The maximum atomic E-state index is 14.3. The van der Waals surface area contributed by atoms with E-state index in [9.17, 15) is 24.3 Å². The van der Waals surface area contributed by atoms with Crippen LogP contribution in [-0.4, -0.2) is 89.1 Å². The van der Waals surface area contributed by atoms with Gasteiger partial charge in [-0.1, -0.05) is 74.4 Å². The van der Waals surface area contributed by atoms with E-state index >= 15 is 0 Å². The molecule has 0 bridgehead atoms. The summed E-state index contributed by atoms with van der Waals surface area (Å²) in [4.78, 5) is 58.5. The predicted molar refractivity (Wildman–Crippen MR) is 158 cm³/mol. The molecule has 0 unspecified atom stereocenters. The lowest BCUT2D eigenvalue weighted by Gasteiger charge is -2.35. The summed E-state index contributed by atoms with van der Waals surface area (Å²) in [6.45, 7) is 3.43. The zero-order valence-electron chi connectivity index (χ0n) is 24.9. The summed E-state index contributed by atoms with van der Waals surface area (Å²) in [5.41, 5.74) is -0.621. The minimum Gasteiger partial charge on any atom is -0.455 e. The lowest BCUT2D eigenvalue weighted by molar-refractivity contribution is -0.160. The van der Waals surface area contributed by atoms with Crippen molar-refractivity contribution in [3.63, 3.8) is 0 Å². The zero-order valence-corrected chi connectivity index (χ0v) is 24.9. The highest BCUT2D eigenvalue weighted by Gasteiger charge is 2.71. The SMILES string of the molecule is CCCCCN1CC=C[C@]23O[C@@H]4/C=C\CCC(=O)NC[C@@H](c5ccccc5)OC(=O)[C@@H]4[C@H]2C(=O)N(CCCCO)[C@@H]3C1=O. The Morgan fingerprint density at radius 3 is 2.56 bits per heavy atom. The van der Waals surface area contributed by atoms with Crippen molar-refractivity contribution < 1.29 is 33.8 Å². The van der Waals surface area contributed by atoms with Crippen molar-refractivity contribution in [2.45, 2.75) is 75.7 Å². The molecule has 10 nitrogen and oxygen atoms in total. The topological polar surface area (TPSA) is 125 Å². The van der Waals surface area contributed by atoms with Gasteiger partial charge < -0.3 is 29.7 Å². The summed E-state index contributed by atoms with van der Waals surface area (Å²) in [7, 11) is 0. The number of benzene rings is 1. The Balaban J connectivity index is 1.53. The Labute approximate surface area is 253 Å². The Kier molecular flexibility index (Phi) is 9.97. The first-order valence-electron chi connectivity index (χ1n) is 15.7. The van der Waals surface area contributed by atoms with Crippen LogP contribution in [0.3, 0.4) is 0 Å². The van der Waals surface area contributed by atoms with Crippen LogP contribution in [0.2, 0.25) is 0 Å². The number of carbonyl (C=O) groups is 4. The zero-order chi connectivity index (χ0) is 30.4. The molecular formula is C33H43N3O7. The third kappa shape index (κ3) is 6.26. The summed E-state index contributed by atoms with van der Waals surface area (Å²) in [5, 5.41) is 12.3. The second-order valence-corrected chi connectivity index (χ2v) is 11.8. The minimum absolute atomic E-state index is 0.0198. The first-order valence-corrected chi connectivity index (χ1v) is 15.7. The number of aliphatic hydroxyl groups is 1. The van der Waals surface area contributed by atoms with Gasteiger partial charge in [-0.15, -0.1) is 0 Å². The second-order valence-electron chi connectivity index (χ2n) is 11.8. The normalized spacial score (nSPS) is 31.7. The maximum Gasteiger partial charge on any atom is 0.313 e. The van der Waals surface area contributed by atoms with Crippen molar-refractivity contribution in [2.75, 3.05) is 32.8 Å². The minimum atomic E-state index is -1.35. The number of hydrogen-bond acceptors (Lipinski definition) is 7. The van der Waals surface area contributed by atoms with E-state index in [1.54, 1.807) is 22.0 Å². The van der Waals surface area contributed by atoms with Gasteiger partial charge in [-0.25, -0.2) is 0 Å². The number of unbranched alkanes of at least 4 members (excludes halogenated alkanes) is 3. The molecule has 2 fully saturated rings. The molecule has 1 spiro atoms. The average Bonchev–Trinajstić information content (AvgIpc) is 3.39. The molecule has 4 heterocycles. The predicted octanol–water partition coefficient (Wildman–Crippen LogP) is 2.68. The molecule has 0 aliphatic carbocycles. The fraction of sp³-hybridized carbons (Fsp3) is 0.576. The molecule has 3 amide bonds. The fourth-order valence-electron chi connectivity index (χ4n) is 6.84. The average molecular weight is 594 g/mol. The van der Waals surface area contributed by atoms with E-state index in [1.165, 1.54) is 0 Å². The first kappa shape index (κ1) is 30.9. The molecule has 6 atom stereocenters. The van der Waals surface area contributed by atoms with Crippen molar-refractivity contribution in [1.82, 2.24) is 15.1 Å². The number of rotatable bonds is 9. The van der Waals surface area contributed by atoms with Crippen LogP contribution in [0.5, 0.6) is 0 Å². The highest BCUT2D eigenvalue weighted by atomic mass is 16.6. The number of nitrogens with zero attached hydrogens (tertiary/aromatic N) is 2. The number of aliphatic hydroxyl groups excluding tert-OH is 1. The van der Waals surface area contributed by atoms with E-state index in [-0.39, 0.29) is 43.8 Å². The summed E-state index contributed by atoms with van der Waals surface area (Å²) in [6, 6.07) is 8.27. The number of hydrogen-bond donors (Lipinski definition) is 2. The van der Waals surface area contributed by atoms with Gasteiger partial charge in [0.1, 0.15) is 23.7 Å². The fourth-order valence-corrected chi connectivity index (χ4v) is 6.84. The van der Waals surface area contributed by atoms with Gasteiger partial charge in [0, 0.05) is 32.7 Å². The van der Waals surface area contributed by atoms with Crippen LogP contribution in [0.4, 0.5) is 0 Å². The van der Waals surface area contributed by atoms with Gasteiger partial charge in [0.2, 0.25) is 17.7 Å². The second kappa shape index (κ2) is 13.9. The maximum absolute atomic E-state index is 14.3. The van der Waals surface area contributed by atoms with Crippen LogP contribution < -0.4 is 5.32 Å². The number of amides is 3. The number of ether oxygens (including phenoxy) is 2. The van der Waals surface area contributed by atoms with E-state index in [4.69, 9.17) is 9.47 Å². The van der Waals surface area contributed by atoms with Gasteiger partial charge in [0.05, 0.1) is 18.6 Å². The Hall–Kier alpha value is -3.50. The highest BCUT2D eigenvalue weighted by Crippen LogP contribution is 2.53. The molecule has 1 aromatic carbocycles. The molecular weight excluding hydrogens is 550 g/mol. The van der Waals surface area contributed by atoms with Gasteiger partial charge in [0.15, 0.2) is 0 Å². The lowest BCUT2D eigenvalue weighted by Crippen LogP contribution is -2.55. The summed E-state index contributed by atoms with van der Waals surface area (Å²) >= 11 is 0. The Morgan fingerprint density at radius 2 is 1.79 bits per heavy atom. The van der Waals surface area contributed by atoms with Crippen molar-refractivity contribution in [1.29, 1.82) is 0 Å². The van der Waals surface area contributed by atoms with Crippen LogP contribution in [0.15, 0.2) is 54.6 Å². The Bertz CT molecular complexity index is 1230. The van der Waals surface area contributed by atoms with Crippen molar-refractivity contribution >= 4 is 23.7 Å². The molecule has 0 radical (unpaired) electrons. The van der Waals surface area contributed by atoms with Gasteiger partial charge in [-0.05, 0) is 31.2 Å². The molecule has 2 N–H and O–H groups in total. The van der Waals surface area contributed by atoms with Crippen molar-refractivity contribution in [2.24, 2.45) is 11.8 Å². The highest BCUT2D eigenvalue weighted by molar-refractivity contribution is 5.99. The molecule has 4 aliphatic heterocycles. The molecule has 2 saturated heterocycles. The summed E-state index contributed by atoms with van der Waals surface area (Å²) < 4.78 is 12.8. The first-order chi connectivity index (χ1) is 20.9. The van der Waals surface area contributed by atoms with Crippen LogP contribution in [0, 0.1) is 11.8 Å². The number of carbonyl (C=O) groups excluding carboxylic acids is 4. The number of fused-ring (bicyclic) bond motifs is 2. The van der Waals surface area contributed by atoms with Crippen molar-refractivity contribution in [3.05, 3.63) is 60.2 Å². The van der Waals surface area contributed by atoms with Gasteiger partial charge in [0.25, 0.3) is 0 Å². The summed E-state index contributed by atoms with van der Waals surface area (Å²) in [5.74, 6) is -3.21. The molecule has 5 rings (SSSR count). The van der Waals surface area contributed by atoms with E-state index in [1.807, 2.05) is 42.5 Å². The number of cyclic esters (lactones) is 1. The molecule has 232 valence electrons.